The van der Waals surface area contributed by atoms with E-state index in [1.807, 2.05) is 5.32 Å². The molecule has 7 nitrogen and oxygen atoms in total. The van der Waals surface area contributed by atoms with Gasteiger partial charge in [0, 0.05) is 0 Å². The molecular weight excluding hydrogens is 225 g/mol. The minimum atomic E-state index is -1.89. The Labute approximate surface area is 86.5 Å². The summed E-state index contributed by atoms with van der Waals surface area (Å²) in [6.45, 7) is 0. The summed E-state index contributed by atoms with van der Waals surface area (Å²) in [6.07, 6.45) is -0.536. The van der Waals surface area contributed by atoms with Crippen LogP contribution in [0, 0.1) is 0 Å². The molecule has 0 fully saturated rings. The molecule has 15 heavy (non-hydrogen) atoms. The van der Waals surface area contributed by atoms with Gasteiger partial charge in [-0.15, -0.1) is 0 Å². The molecule has 8 heteroatoms. The number of carboxylic acid groups (broad SMARTS) is 1. The quantitative estimate of drug-likeness (QED) is 0.460. The molecule has 1 unspecified atom stereocenters. The normalized spacial score (nSPS) is 11.9. The molecule has 84 valence electrons. The molecule has 0 aromatic carbocycles. The van der Waals surface area contributed by atoms with Gasteiger partial charge >= 0.3 is 19.9 Å². The summed E-state index contributed by atoms with van der Waals surface area (Å²) in [5, 5.41) is 19.0. The van der Waals surface area contributed by atoms with Crippen molar-refractivity contribution in [3.63, 3.8) is 0 Å². The molecule has 0 heterocycles. The summed E-state index contributed by atoms with van der Waals surface area (Å²) in [5.74, 6) is -1.37. The van der Waals surface area contributed by atoms with Crippen LogP contribution < -0.4 is 5.32 Å². The zero-order valence-corrected chi connectivity index (χ0v) is 8.86. The second-order valence-corrected chi connectivity index (χ2v) is 3.96. The second kappa shape index (κ2) is 6.92. The van der Waals surface area contributed by atoms with Crippen LogP contribution in [0.3, 0.4) is 0 Å². The summed E-state index contributed by atoms with van der Waals surface area (Å²) >= 11 is 0. The van der Waals surface area contributed by atoms with Gasteiger partial charge in [0.2, 0.25) is 6.35 Å². The summed E-state index contributed by atoms with van der Waals surface area (Å²) in [5.41, 5.74) is -0.432. The fourth-order valence-corrected chi connectivity index (χ4v) is 1.11. The van der Waals surface area contributed by atoms with Gasteiger partial charge in [0.1, 0.15) is 5.70 Å². The number of carbonyl (C=O) groups is 2. The van der Waals surface area contributed by atoms with Crippen molar-refractivity contribution in [1.29, 1.82) is 0 Å². The number of carbonyl (C=O) groups excluding carboxylic acids is 1. The van der Waals surface area contributed by atoms with E-state index in [0.29, 0.717) is 0 Å². The Balaban J connectivity index is 4.45. The fraction of sp³-hybridized carbons (Fsp3) is 0.429. The highest BCUT2D eigenvalue weighted by Crippen LogP contribution is 2.17. The number of amides is 1. The summed E-state index contributed by atoms with van der Waals surface area (Å²) < 4.78 is 15.0. The lowest BCUT2D eigenvalue weighted by molar-refractivity contribution is -0.133. The Morgan fingerprint density at radius 3 is 2.53 bits per heavy atom. The Hall–Kier alpha value is -1.46. The van der Waals surface area contributed by atoms with E-state index in [1.54, 1.807) is 0 Å². The predicted octanol–water partition coefficient (Wildman–Crippen LogP) is 0.0881. The summed E-state index contributed by atoms with van der Waals surface area (Å²) in [6, 6.07) is 0. The first-order chi connectivity index (χ1) is 7.01. The molecule has 0 saturated carbocycles. The first-order valence-corrected chi connectivity index (χ1v) is 5.45. The van der Waals surface area contributed by atoms with Gasteiger partial charge in [-0.05, 0) is 6.08 Å². The van der Waals surface area contributed by atoms with Crippen LogP contribution in [0.1, 0.15) is 0 Å². The van der Waals surface area contributed by atoms with E-state index in [1.165, 1.54) is 0 Å². The van der Waals surface area contributed by atoms with Crippen molar-refractivity contribution in [2.24, 2.45) is 0 Å². The van der Waals surface area contributed by atoms with Gasteiger partial charge in [0.15, 0.2) is 6.16 Å². The van der Waals surface area contributed by atoms with E-state index in [-0.39, 0.29) is 6.16 Å². The molecule has 1 amide bonds. The highest BCUT2D eigenvalue weighted by Gasteiger charge is 2.16. The molecule has 0 aliphatic heterocycles. The Morgan fingerprint density at radius 1 is 1.53 bits per heavy atom. The van der Waals surface area contributed by atoms with E-state index in [2.05, 4.69) is 4.74 Å². The first kappa shape index (κ1) is 13.5. The maximum atomic E-state index is 10.8. The van der Waals surface area contributed by atoms with Gasteiger partial charge in [-0.2, -0.15) is 0 Å². The zero-order valence-electron chi connectivity index (χ0n) is 7.97. The zero-order chi connectivity index (χ0) is 11.8. The summed E-state index contributed by atoms with van der Waals surface area (Å²) in [7, 11) is -0.805. The average molecular weight is 236 g/mol. The molecule has 0 aliphatic rings. The number of hydrogen-bond donors (Lipinski definition) is 3. The van der Waals surface area contributed by atoms with Gasteiger partial charge in [0.25, 0.3) is 0 Å². The first-order valence-electron chi connectivity index (χ1n) is 3.82. The standard InChI is InChI=1S/C7H10NO6P/c1-14-7(12)8-5(6(10)11)2-3-15(13)4-9/h2,9H,3-4H2,1H3,(H-,8,10,11,12)/p+1/b5-2-. The maximum absolute atomic E-state index is 10.8. The molecule has 0 spiro atoms. The number of rotatable bonds is 5. The van der Waals surface area contributed by atoms with Crippen LogP contribution in [0.15, 0.2) is 11.8 Å². The third kappa shape index (κ3) is 5.77. The monoisotopic (exact) mass is 236 g/mol. The highest BCUT2D eigenvalue weighted by atomic mass is 31.1. The number of nitrogens with one attached hydrogen (secondary N) is 1. The van der Waals surface area contributed by atoms with Crippen molar-refractivity contribution in [3.05, 3.63) is 11.8 Å². The number of alkyl carbamates (subject to hydrolysis) is 1. The Morgan fingerprint density at radius 2 is 2.13 bits per heavy atom. The lowest BCUT2D eigenvalue weighted by Crippen LogP contribution is -2.27. The lowest BCUT2D eigenvalue weighted by atomic mass is 10.4. The molecule has 0 aliphatic carbocycles. The van der Waals surface area contributed by atoms with E-state index in [0.717, 1.165) is 13.2 Å². The van der Waals surface area contributed by atoms with Gasteiger partial charge < -0.3 is 14.9 Å². The Bertz CT molecular complexity index is 300. The van der Waals surface area contributed by atoms with Crippen LogP contribution in [0.25, 0.3) is 0 Å². The smallest absolute Gasteiger partial charge is 0.411 e. The van der Waals surface area contributed by atoms with Crippen LogP contribution in [0.5, 0.6) is 0 Å². The Kier molecular flexibility index (Phi) is 6.24. The average Bonchev–Trinajstić information content (AvgIpc) is 2.22. The van der Waals surface area contributed by atoms with Crippen molar-refractivity contribution >= 4 is 19.9 Å². The van der Waals surface area contributed by atoms with Crippen LogP contribution >= 0.6 is 7.80 Å². The fourth-order valence-electron chi connectivity index (χ4n) is 0.604. The third-order valence-corrected chi connectivity index (χ3v) is 2.21. The minimum Gasteiger partial charge on any atom is -0.477 e. The van der Waals surface area contributed by atoms with Gasteiger partial charge in [-0.1, -0.05) is 4.57 Å². The molecular formula is C7H11NO6P+. The lowest BCUT2D eigenvalue weighted by Gasteiger charge is -2.02. The molecule has 0 aromatic rings. The minimum absolute atomic E-state index is 0.128. The van der Waals surface area contributed by atoms with E-state index in [9.17, 15) is 14.2 Å². The second-order valence-electron chi connectivity index (χ2n) is 2.35. The number of ether oxygens (including phenoxy) is 1. The molecule has 3 N–H and O–H groups in total. The van der Waals surface area contributed by atoms with Crippen molar-refractivity contribution in [2.45, 2.75) is 0 Å². The number of hydrogen-bond acceptors (Lipinski definition) is 5. The third-order valence-electron chi connectivity index (χ3n) is 1.31. The molecule has 0 aromatic heterocycles. The highest BCUT2D eigenvalue weighted by molar-refractivity contribution is 7.44. The number of carboxylic acids is 1. The number of aliphatic hydroxyl groups is 1. The molecule has 0 radical (unpaired) electrons. The topological polar surface area (TPSA) is 113 Å². The number of aliphatic carboxylic acids is 1. The number of methoxy groups -OCH3 is 1. The van der Waals surface area contributed by atoms with Crippen LogP contribution in [-0.2, 0) is 14.1 Å². The van der Waals surface area contributed by atoms with Gasteiger partial charge in [-0.3, -0.25) is 5.32 Å². The van der Waals surface area contributed by atoms with E-state index < -0.39 is 31.9 Å². The molecule has 1 atom stereocenters. The molecule has 0 bridgehead atoms. The van der Waals surface area contributed by atoms with Crippen molar-refractivity contribution in [3.8, 4) is 0 Å². The molecule has 0 saturated heterocycles. The van der Waals surface area contributed by atoms with E-state index in [4.69, 9.17) is 10.2 Å². The van der Waals surface area contributed by atoms with Crippen molar-refractivity contribution in [1.82, 2.24) is 5.32 Å². The molecule has 0 rings (SSSR count). The van der Waals surface area contributed by atoms with Crippen molar-refractivity contribution < 1.29 is 29.1 Å². The van der Waals surface area contributed by atoms with Gasteiger partial charge in [-0.25, -0.2) is 9.59 Å². The predicted molar refractivity (Wildman–Crippen MR) is 50.8 cm³/mol. The van der Waals surface area contributed by atoms with Gasteiger partial charge in [0.05, 0.1) is 7.11 Å². The largest absolute Gasteiger partial charge is 0.477 e. The number of aliphatic hydroxyl groups excluding tert-OH is 1. The van der Waals surface area contributed by atoms with Crippen LogP contribution in [0.4, 0.5) is 4.79 Å². The maximum Gasteiger partial charge on any atom is 0.411 e. The van der Waals surface area contributed by atoms with E-state index >= 15 is 0 Å². The van der Waals surface area contributed by atoms with Crippen LogP contribution in [-0.4, -0.2) is 41.9 Å². The summed E-state index contributed by atoms with van der Waals surface area (Å²) in [4.78, 5) is 21.2. The van der Waals surface area contributed by atoms with Crippen molar-refractivity contribution in [2.75, 3.05) is 19.6 Å². The van der Waals surface area contributed by atoms with Crippen LogP contribution in [0.2, 0.25) is 0 Å². The SMILES string of the molecule is COC(=O)N/C(=C\C[P+](=O)CO)C(=O)O. The number of allylic oxidation sites excluding steroid dienone is 1.